The van der Waals surface area contributed by atoms with Gasteiger partial charge in [-0.2, -0.15) is 5.10 Å². The van der Waals surface area contributed by atoms with Crippen molar-refractivity contribution in [3.8, 4) is 11.5 Å². The van der Waals surface area contributed by atoms with Crippen LogP contribution >= 0.6 is 0 Å². The van der Waals surface area contributed by atoms with Crippen LogP contribution in [0.4, 0.5) is 14.9 Å². The topological polar surface area (TPSA) is 88.7 Å². The third-order valence-corrected chi connectivity index (χ3v) is 7.48. The lowest BCUT2D eigenvalue weighted by atomic mass is 9.86. The second kappa shape index (κ2) is 9.37. The predicted molar refractivity (Wildman–Crippen MR) is 128 cm³/mol. The summed E-state index contributed by atoms with van der Waals surface area (Å²) >= 11 is 0. The monoisotopic (exact) mass is 480 g/mol. The Hall–Kier alpha value is -3.33. The Morgan fingerprint density at radius 3 is 2.77 bits per heavy atom. The van der Waals surface area contributed by atoms with Crippen molar-refractivity contribution in [1.82, 2.24) is 15.1 Å². The smallest absolute Gasteiger partial charge is 0.411 e. The summed E-state index contributed by atoms with van der Waals surface area (Å²) in [4.78, 5) is 15.2. The zero-order valence-electron chi connectivity index (χ0n) is 19.5. The summed E-state index contributed by atoms with van der Waals surface area (Å²) in [6.45, 7) is 2.04. The molecule has 1 aromatic heterocycles. The van der Waals surface area contributed by atoms with Crippen molar-refractivity contribution in [2.45, 2.75) is 56.6 Å². The van der Waals surface area contributed by atoms with E-state index in [4.69, 9.17) is 14.2 Å². The number of halogens is 1. The molecule has 2 atom stereocenters. The van der Waals surface area contributed by atoms with Gasteiger partial charge >= 0.3 is 6.09 Å². The molecule has 9 heteroatoms. The molecule has 2 fully saturated rings. The predicted octanol–water partition coefficient (Wildman–Crippen LogP) is 5.17. The number of anilines is 1. The normalized spacial score (nSPS) is 22.9. The molecule has 3 aromatic rings. The van der Waals surface area contributed by atoms with Crippen LogP contribution in [0.15, 0.2) is 36.4 Å². The van der Waals surface area contributed by atoms with Crippen LogP contribution in [-0.2, 0) is 4.74 Å². The first-order chi connectivity index (χ1) is 17.1. The third-order valence-electron chi connectivity index (χ3n) is 7.48. The number of hydrogen-bond donors (Lipinski definition) is 2. The molecule has 6 rings (SSSR count). The lowest BCUT2D eigenvalue weighted by molar-refractivity contribution is -0.000485. The third kappa shape index (κ3) is 4.52. The molecule has 2 aromatic carbocycles. The number of nitrogens with one attached hydrogen (secondary N) is 2. The number of hydrogen-bond acceptors (Lipinski definition) is 6. The van der Waals surface area contributed by atoms with E-state index in [-0.39, 0.29) is 24.8 Å². The van der Waals surface area contributed by atoms with E-state index in [1.165, 1.54) is 12.1 Å². The number of benzene rings is 2. The van der Waals surface area contributed by atoms with Gasteiger partial charge in [0.2, 0.25) is 6.79 Å². The van der Waals surface area contributed by atoms with Crippen molar-refractivity contribution in [3.05, 3.63) is 47.9 Å². The minimum Gasteiger partial charge on any atom is -0.454 e. The fourth-order valence-corrected chi connectivity index (χ4v) is 5.72. The van der Waals surface area contributed by atoms with Crippen LogP contribution < -0.4 is 14.8 Å². The van der Waals surface area contributed by atoms with Crippen molar-refractivity contribution < 1.29 is 23.4 Å². The molecule has 1 aliphatic carbocycles. The summed E-state index contributed by atoms with van der Waals surface area (Å²) in [7, 11) is 0. The number of likely N-dealkylation sites (tertiary alicyclic amines) is 1. The zero-order valence-corrected chi connectivity index (χ0v) is 19.5. The number of carbonyl (C=O) groups excluding carboxylic acids is 1. The Labute approximate surface area is 202 Å². The summed E-state index contributed by atoms with van der Waals surface area (Å²) in [5, 5.41) is 11.3. The van der Waals surface area contributed by atoms with Gasteiger partial charge in [0.05, 0.1) is 11.2 Å². The Bertz CT molecular complexity index is 1220. The molecule has 0 radical (unpaired) electrons. The Morgan fingerprint density at radius 2 is 1.89 bits per heavy atom. The summed E-state index contributed by atoms with van der Waals surface area (Å²) in [6.07, 6.45) is 5.48. The zero-order chi connectivity index (χ0) is 23.8. The molecular weight excluding hydrogens is 451 g/mol. The van der Waals surface area contributed by atoms with Gasteiger partial charge in [-0.3, -0.25) is 15.3 Å². The van der Waals surface area contributed by atoms with E-state index in [9.17, 15) is 9.18 Å². The van der Waals surface area contributed by atoms with Gasteiger partial charge in [-0.05, 0) is 75.5 Å². The first-order valence-corrected chi connectivity index (χ1v) is 12.4. The molecule has 8 nitrogen and oxygen atoms in total. The van der Waals surface area contributed by atoms with Gasteiger partial charge in [0.25, 0.3) is 0 Å². The van der Waals surface area contributed by atoms with Crippen LogP contribution in [0.2, 0.25) is 0 Å². The molecule has 1 amide bonds. The molecule has 184 valence electrons. The highest BCUT2D eigenvalue weighted by atomic mass is 19.1. The molecule has 3 heterocycles. The minimum absolute atomic E-state index is 0.136. The molecule has 0 spiro atoms. The minimum atomic E-state index is -0.439. The van der Waals surface area contributed by atoms with Gasteiger partial charge in [-0.25, -0.2) is 9.18 Å². The van der Waals surface area contributed by atoms with Crippen molar-refractivity contribution >= 4 is 22.7 Å². The van der Waals surface area contributed by atoms with Gasteiger partial charge in [0, 0.05) is 29.1 Å². The number of ether oxygens (including phenoxy) is 3. The number of nitrogens with zero attached hydrogens (tertiary/aromatic N) is 2. The summed E-state index contributed by atoms with van der Waals surface area (Å²) < 4.78 is 30.2. The van der Waals surface area contributed by atoms with Crippen LogP contribution in [0, 0.1) is 5.82 Å². The second-order valence-corrected chi connectivity index (χ2v) is 9.60. The first kappa shape index (κ1) is 22.2. The number of amides is 1. The number of fused-ring (bicyclic) bond motifs is 2. The molecule has 3 aliphatic rings. The summed E-state index contributed by atoms with van der Waals surface area (Å²) in [5.41, 5.74) is 2.40. The highest BCUT2D eigenvalue weighted by Crippen LogP contribution is 2.36. The maximum atomic E-state index is 13.5. The molecule has 2 N–H and O–H groups in total. The highest BCUT2D eigenvalue weighted by Gasteiger charge is 2.35. The fourth-order valence-electron chi connectivity index (χ4n) is 5.72. The largest absolute Gasteiger partial charge is 0.454 e. The van der Waals surface area contributed by atoms with E-state index in [1.54, 1.807) is 18.2 Å². The molecule has 0 bridgehead atoms. The van der Waals surface area contributed by atoms with Crippen molar-refractivity contribution in [2.75, 3.05) is 25.2 Å². The van der Waals surface area contributed by atoms with E-state index in [0.29, 0.717) is 23.1 Å². The second-order valence-electron chi connectivity index (χ2n) is 9.60. The van der Waals surface area contributed by atoms with Gasteiger partial charge in [0.1, 0.15) is 11.9 Å². The number of piperidine rings is 1. The fraction of sp³-hybridized carbons (Fsp3) is 0.462. The molecule has 2 aliphatic heterocycles. The van der Waals surface area contributed by atoms with E-state index >= 15 is 0 Å². The quantitative estimate of drug-likeness (QED) is 0.536. The number of aromatic amines is 1. The van der Waals surface area contributed by atoms with E-state index in [0.717, 1.165) is 68.2 Å². The van der Waals surface area contributed by atoms with Gasteiger partial charge in [0.15, 0.2) is 11.5 Å². The number of H-pyrrole nitrogens is 1. The SMILES string of the molecule is O=C(Nc1ccc2c(c1)OCO2)OC1CCCCC1N1CCC(c2n[nH]c3cc(F)ccc23)CC1. The Balaban J connectivity index is 1.07. The van der Waals surface area contributed by atoms with Crippen molar-refractivity contribution in [1.29, 1.82) is 0 Å². The van der Waals surface area contributed by atoms with E-state index in [2.05, 4.69) is 20.4 Å². The number of carbonyl (C=O) groups is 1. The molecule has 1 saturated carbocycles. The van der Waals surface area contributed by atoms with E-state index in [1.807, 2.05) is 6.07 Å². The molecular formula is C26H29FN4O4. The van der Waals surface area contributed by atoms with E-state index < -0.39 is 6.09 Å². The average molecular weight is 481 g/mol. The van der Waals surface area contributed by atoms with Crippen molar-refractivity contribution in [2.24, 2.45) is 0 Å². The van der Waals surface area contributed by atoms with Crippen LogP contribution in [-0.4, -0.2) is 53.2 Å². The summed E-state index contributed by atoms with van der Waals surface area (Å²) in [6, 6.07) is 10.3. The van der Waals surface area contributed by atoms with Gasteiger partial charge in [-0.15, -0.1) is 0 Å². The van der Waals surface area contributed by atoms with Crippen LogP contribution in [0.25, 0.3) is 10.9 Å². The number of aromatic nitrogens is 2. The molecule has 1 saturated heterocycles. The van der Waals surface area contributed by atoms with Gasteiger partial charge < -0.3 is 14.2 Å². The maximum absolute atomic E-state index is 13.5. The standard InChI is InChI=1S/C26H29FN4O4/c27-17-5-7-19-20(13-17)29-30-25(19)16-9-11-31(12-10-16)21-3-1-2-4-22(21)35-26(32)28-18-6-8-23-24(14-18)34-15-33-23/h5-8,13-14,16,21-22H,1-4,9-12,15H2,(H,28,32)(H,29,30). The molecule has 35 heavy (non-hydrogen) atoms. The average Bonchev–Trinajstić information content (AvgIpc) is 3.51. The Kier molecular flexibility index (Phi) is 5.93. The van der Waals surface area contributed by atoms with Crippen LogP contribution in [0.3, 0.4) is 0 Å². The lowest BCUT2D eigenvalue weighted by Crippen LogP contribution is -2.50. The van der Waals surface area contributed by atoms with Crippen molar-refractivity contribution in [3.63, 3.8) is 0 Å². The van der Waals surface area contributed by atoms with Crippen LogP contribution in [0.5, 0.6) is 11.5 Å². The van der Waals surface area contributed by atoms with Gasteiger partial charge in [-0.1, -0.05) is 6.42 Å². The van der Waals surface area contributed by atoms with Crippen LogP contribution in [0.1, 0.15) is 50.1 Å². The lowest BCUT2D eigenvalue weighted by Gasteiger charge is -2.42. The maximum Gasteiger partial charge on any atom is 0.411 e. The molecule has 2 unspecified atom stereocenters. The highest BCUT2D eigenvalue weighted by molar-refractivity contribution is 5.85. The first-order valence-electron chi connectivity index (χ1n) is 12.4. The number of rotatable bonds is 4. The summed E-state index contributed by atoms with van der Waals surface area (Å²) in [5.74, 6) is 1.38. The Morgan fingerprint density at radius 1 is 1.06 bits per heavy atom.